The highest BCUT2D eigenvalue weighted by atomic mass is 19.1. The Morgan fingerprint density at radius 2 is 2.11 bits per heavy atom. The van der Waals surface area contributed by atoms with Crippen LogP contribution in [0.3, 0.4) is 0 Å². The van der Waals surface area contributed by atoms with E-state index in [-0.39, 0.29) is 5.82 Å². The van der Waals surface area contributed by atoms with E-state index in [1.807, 2.05) is 0 Å². The summed E-state index contributed by atoms with van der Waals surface area (Å²) in [5, 5.41) is 4.26. The van der Waals surface area contributed by atoms with E-state index in [1.54, 1.807) is 25.2 Å². The summed E-state index contributed by atoms with van der Waals surface area (Å²) in [5.41, 5.74) is 6.61. The van der Waals surface area contributed by atoms with Crippen LogP contribution in [0.2, 0.25) is 0 Å². The number of anilines is 1. The molecule has 5 nitrogen and oxygen atoms in total. The van der Waals surface area contributed by atoms with Crippen molar-refractivity contribution < 1.29 is 4.39 Å². The molecule has 1 aromatic carbocycles. The van der Waals surface area contributed by atoms with Crippen LogP contribution in [0.15, 0.2) is 24.3 Å². The highest BCUT2D eigenvalue weighted by molar-refractivity contribution is 5.95. The summed E-state index contributed by atoms with van der Waals surface area (Å²) < 4.78 is 13.7. The van der Waals surface area contributed by atoms with E-state index in [0.717, 1.165) is 0 Å². The molecule has 0 fully saturated rings. The fourth-order valence-electron chi connectivity index (χ4n) is 2.01. The van der Waals surface area contributed by atoms with Gasteiger partial charge >= 0.3 is 0 Å². The molecule has 0 atom stereocenters. The third-order valence-corrected chi connectivity index (χ3v) is 2.87. The first-order chi connectivity index (χ1) is 9.19. The van der Waals surface area contributed by atoms with Crippen molar-refractivity contribution in [2.45, 2.75) is 6.54 Å². The van der Waals surface area contributed by atoms with Gasteiger partial charge in [0.2, 0.25) is 0 Å². The maximum absolute atomic E-state index is 13.7. The van der Waals surface area contributed by atoms with Crippen LogP contribution in [0.5, 0.6) is 0 Å². The average molecular weight is 257 g/mol. The van der Waals surface area contributed by atoms with Gasteiger partial charge in [-0.3, -0.25) is 0 Å². The minimum Gasteiger partial charge on any atom is -0.383 e. The maximum Gasteiger partial charge on any atom is 0.165 e. The lowest BCUT2D eigenvalue weighted by molar-refractivity contribution is 0.637. The molecule has 3 aromatic rings. The molecule has 2 aromatic heterocycles. The van der Waals surface area contributed by atoms with Crippen LogP contribution in [-0.4, -0.2) is 22.0 Å². The van der Waals surface area contributed by atoms with Crippen molar-refractivity contribution >= 4 is 27.8 Å². The fraction of sp³-hybridized carbons (Fsp3) is 0.154. The van der Waals surface area contributed by atoms with Gasteiger partial charge in [0.1, 0.15) is 23.0 Å². The summed E-state index contributed by atoms with van der Waals surface area (Å²) in [5.74, 6) is 0.524. The number of aromatic nitrogens is 3. The van der Waals surface area contributed by atoms with Crippen molar-refractivity contribution in [3.8, 4) is 0 Å². The minimum atomic E-state index is -0.369. The monoisotopic (exact) mass is 257 g/mol. The molecule has 0 unspecified atom stereocenters. The Hall–Kier alpha value is -2.34. The molecule has 2 heterocycles. The predicted molar refractivity (Wildman–Crippen MR) is 72.0 cm³/mol. The molecule has 0 saturated heterocycles. The normalized spacial score (nSPS) is 11.3. The van der Waals surface area contributed by atoms with Gasteiger partial charge in [0.25, 0.3) is 0 Å². The molecule has 0 aliphatic heterocycles. The number of hydrogen-bond donors (Lipinski definition) is 2. The molecule has 6 heteroatoms. The van der Waals surface area contributed by atoms with Crippen LogP contribution in [0.1, 0.15) is 5.82 Å². The summed E-state index contributed by atoms with van der Waals surface area (Å²) in [4.78, 5) is 12.7. The number of nitrogens with one attached hydrogen (secondary N) is 1. The van der Waals surface area contributed by atoms with Crippen LogP contribution in [0.4, 0.5) is 10.2 Å². The number of benzene rings is 1. The second kappa shape index (κ2) is 4.40. The van der Waals surface area contributed by atoms with Crippen LogP contribution in [-0.2, 0) is 6.54 Å². The Bertz CT molecular complexity index is 772. The molecule has 0 bridgehead atoms. The number of nitrogen functional groups attached to an aromatic ring is 1. The Labute approximate surface area is 108 Å². The number of halogens is 1. The van der Waals surface area contributed by atoms with E-state index in [4.69, 9.17) is 5.73 Å². The lowest BCUT2D eigenvalue weighted by Gasteiger charge is -2.06. The van der Waals surface area contributed by atoms with Crippen molar-refractivity contribution in [1.82, 2.24) is 20.3 Å². The molecule has 19 heavy (non-hydrogen) atoms. The van der Waals surface area contributed by atoms with Gasteiger partial charge in [-0.2, -0.15) is 0 Å². The van der Waals surface area contributed by atoms with Crippen molar-refractivity contribution in [3.63, 3.8) is 0 Å². The van der Waals surface area contributed by atoms with Crippen molar-refractivity contribution in [2.24, 2.45) is 0 Å². The molecule has 0 aliphatic rings. The lowest BCUT2D eigenvalue weighted by atomic mass is 10.1. The molecular weight excluding hydrogens is 245 g/mol. The van der Waals surface area contributed by atoms with E-state index < -0.39 is 0 Å². The standard InChI is InChI=1S/C13H12FN5/c1-16-6-10-17-12(15)8-5-7-3-2-4-9(14)11(7)19-13(8)18-10/h2-5,16H,6H2,1H3,(H2,15,17,18,19). The number of nitrogens with two attached hydrogens (primary N) is 1. The van der Waals surface area contributed by atoms with E-state index in [1.165, 1.54) is 6.07 Å². The van der Waals surface area contributed by atoms with E-state index in [0.29, 0.717) is 40.1 Å². The molecule has 0 amide bonds. The number of rotatable bonds is 2. The number of pyridine rings is 1. The average Bonchev–Trinajstić information content (AvgIpc) is 2.38. The zero-order chi connectivity index (χ0) is 13.4. The number of para-hydroxylation sites is 1. The van der Waals surface area contributed by atoms with E-state index >= 15 is 0 Å². The molecule has 96 valence electrons. The van der Waals surface area contributed by atoms with Crippen LogP contribution in [0.25, 0.3) is 21.9 Å². The summed E-state index contributed by atoms with van der Waals surface area (Å²) in [7, 11) is 1.79. The van der Waals surface area contributed by atoms with E-state index in [2.05, 4.69) is 20.3 Å². The van der Waals surface area contributed by atoms with Gasteiger partial charge in [0.05, 0.1) is 11.9 Å². The molecule has 3 rings (SSSR count). The zero-order valence-electron chi connectivity index (χ0n) is 10.3. The van der Waals surface area contributed by atoms with Crippen molar-refractivity contribution in [2.75, 3.05) is 12.8 Å². The minimum absolute atomic E-state index is 0.295. The smallest absolute Gasteiger partial charge is 0.165 e. The molecule has 0 saturated carbocycles. The SMILES string of the molecule is CNCc1nc(N)c2cc3cccc(F)c3nc2n1. The van der Waals surface area contributed by atoms with Crippen molar-refractivity contribution in [3.05, 3.63) is 35.9 Å². The second-order valence-corrected chi connectivity index (χ2v) is 4.23. The van der Waals surface area contributed by atoms with Crippen LogP contribution >= 0.6 is 0 Å². The van der Waals surface area contributed by atoms with Gasteiger partial charge in [-0.25, -0.2) is 19.3 Å². The van der Waals surface area contributed by atoms with Gasteiger partial charge < -0.3 is 11.1 Å². The number of nitrogens with zero attached hydrogens (tertiary/aromatic N) is 3. The summed E-state index contributed by atoms with van der Waals surface area (Å²) in [6.45, 7) is 0.483. The van der Waals surface area contributed by atoms with Gasteiger partial charge in [-0.1, -0.05) is 12.1 Å². The summed E-state index contributed by atoms with van der Waals surface area (Å²) >= 11 is 0. The first kappa shape index (κ1) is 11.7. The largest absolute Gasteiger partial charge is 0.383 e. The van der Waals surface area contributed by atoms with Gasteiger partial charge in [-0.15, -0.1) is 0 Å². The van der Waals surface area contributed by atoms with E-state index in [9.17, 15) is 4.39 Å². The Morgan fingerprint density at radius 3 is 2.89 bits per heavy atom. The number of fused-ring (bicyclic) bond motifs is 2. The second-order valence-electron chi connectivity index (χ2n) is 4.23. The topological polar surface area (TPSA) is 76.7 Å². The summed E-state index contributed by atoms with van der Waals surface area (Å²) in [6.07, 6.45) is 0. The zero-order valence-corrected chi connectivity index (χ0v) is 10.3. The Kier molecular flexibility index (Phi) is 2.72. The highest BCUT2D eigenvalue weighted by Gasteiger charge is 2.09. The van der Waals surface area contributed by atoms with Gasteiger partial charge in [0, 0.05) is 5.39 Å². The highest BCUT2D eigenvalue weighted by Crippen LogP contribution is 2.23. The molecule has 3 N–H and O–H groups in total. The lowest BCUT2D eigenvalue weighted by Crippen LogP contribution is -2.11. The van der Waals surface area contributed by atoms with Crippen LogP contribution in [0, 0.1) is 5.82 Å². The first-order valence-electron chi connectivity index (χ1n) is 5.85. The van der Waals surface area contributed by atoms with Crippen molar-refractivity contribution in [1.29, 1.82) is 0 Å². The maximum atomic E-state index is 13.7. The quantitative estimate of drug-likeness (QED) is 0.682. The predicted octanol–water partition coefficient (Wildman–Crippen LogP) is 1.62. The Morgan fingerprint density at radius 1 is 1.26 bits per heavy atom. The molecule has 0 radical (unpaired) electrons. The summed E-state index contributed by atoms with van der Waals surface area (Å²) in [6, 6.07) is 6.56. The van der Waals surface area contributed by atoms with Crippen LogP contribution < -0.4 is 11.1 Å². The third kappa shape index (κ3) is 1.96. The first-order valence-corrected chi connectivity index (χ1v) is 5.85. The third-order valence-electron chi connectivity index (χ3n) is 2.87. The fourth-order valence-corrected chi connectivity index (χ4v) is 2.01. The molecule has 0 spiro atoms. The molecule has 0 aliphatic carbocycles. The Balaban J connectivity index is 2.35. The van der Waals surface area contributed by atoms with Gasteiger partial charge in [0.15, 0.2) is 5.65 Å². The van der Waals surface area contributed by atoms with Gasteiger partial charge in [-0.05, 0) is 19.2 Å². The number of hydrogen-bond acceptors (Lipinski definition) is 5. The molecular formula is C13H12FN5.